The highest BCUT2D eigenvalue weighted by Gasteiger charge is 2.29. The Morgan fingerprint density at radius 2 is 1.80 bits per heavy atom. The summed E-state index contributed by atoms with van der Waals surface area (Å²) in [5.74, 6) is -0.209. The number of nitrogens with zero attached hydrogens (tertiary/aromatic N) is 1. The van der Waals surface area contributed by atoms with Gasteiger partial charge < -0.3 is 15.0 Å². The molecule has 0 spiro atoms. The molecule has 0 heterocycles. The average Bonchev–Trinajstić information content (AvgIpc) is 2.72. The zero-order valence-electron chi connectivity index (χ0n) is 17.0. The topological polar surface area (TPSA) is 58.6 Å². The Labute approximate surface area is 192 Å². The van der Waals surface area contributed by atoms with E-state index in [-0.39, 0.29) is 25.0 Å². The van der Waals surface area contributed by atoms with Crippen LogP contribution in [0.25, 0.3) is 0 Å². The Balaban J connectivity index is 2.22. The van der Waals surface area contributed by atoms with Crippen LogP contribution < -0.4 is 10.1 Å². The van der Waals surface area contributed by atoms with Gasteiger partial charge in [0.05, 0.1) is 5.02 Å². The highest BCUT2D eigenvalue weighted by atomic mass is 35.5. The summed E-state index contributed by atoms with van der Waals surface area (Å²) in [7, 11) is 0. The number of carbonyl (C=O) groups excluding carboxylic acids is 2. The summed E-state index contributed by atoms with van der Waals surface area (Å²) < 4.78 is 5.61. The maximum atomic E-state index is 13.1. The van der Waals surface area contributed by atoms with E-state index in [1.165, 1.54) is 11.0 Å². The molecule has 1 N–H and O–H groups in total. The first-order chi connectivity index (χ1) is 14.4. The largest absolute Gasteiger partial charge is 0.482 e. The minimum absolute atomic E-state index is 0.189. The number of hydrogen-bond donors (Lipinski definition) is 1. The maximum absolute atomic E-state index is 13.1. The normalized spacial score (nSPS) is 11.6. The van der Waals surface area contributed by atoms with Gasteiger partial charge in [-0.25, -0.2) is 0 Å². The van der Waals surface area contributed by atoms with Gasteiger partial charge in [0.25, 0.3) is 5.91 Å². The van der Waals surface area contributed by atoms with Crippen molar-refractivity contribution < 1.29 is 14.3 Å². The number of benzene rings is 2. The molecule has 0 aromatic heterocycles. The van der Waals surface area contributed by atoms with Gasteiger partial charge in [-0.15, -0.1) is 0 Å². The van der Waals surface area contributed by atoms with Crippen LogP contribution in [0.15, 0.2) is 42.5 Å². The van der Waals surface area contributed by atoms with E-state index < -0.39 is 6.04 Å². The summed E-state index contributed by atoms with van der Waals surface area (Å²) >= 11 is 18.3. The van der Waals surface area contributed by atoms with Gasteiger partial charge in [0, 0.05) is 23.1 Å². The van der Waals surface area contributed by atoms with Crippen LogP contribution in [-0.2, 0) is 16.1 Å². The molecule has 0 saturated heterocycles. The Morgan fingerprint density at radius 3 is 2.43 bits per heavy atom. The van der Waals surface area contributed by atoms with Crippen LogP contribution in [0.4, 0.5) is 0 Å². The first kappa shape index (κ1) is 24.3. The molecule has 8 heteroatoms. The second-order valence-corrected chi connectivity index (χ2v) is 7.94. The molecule has 1 atom stereocenters. The first-order valence-corrected chi connectivity index (χ1v) is 10.9. The molecular weight excluding hydrogens is 447 g/mol. The third kappa shape index (κ3) is 6.79. The first-order valence-electron chi connectivity index (χ1n) is 9.75. The quantitative estimate of drug-likeness (QED) is 0.507. The standard InChI is InChI=1S/C22H25Cl3N2O3/c1-3-11-26-22(29)19(4-2)27(13-15-7-5-6-8-17(15)24)21(28)14-30-20-10-9-16(23)12-18(20)25/h5-10,12,19H,3-4,11,13-14H2,1-2H3,(H,26,29). The minimum atomic E-state index is -0.649. The number of carbonyl (C=O) groups is 2. The van der Waals surface area contributed by atoms with E-state index in [1.54, 1.807) is 18.2 Å². The molecule has 0 bridgehead atoms. The Morgan fingerprint density at radius 1 is 1.07 bits per heavy atom. The fourth-order valence-electron chi connectivity index (χ4n) is 2.91. The lowest BCUT2D eigenvalue weighted by atomic mass is 10.1. The van der Waals surface area contributed by atoms with Crippen molar-refractivity contribution in [3.05, 3.63) is 63.1 Å². The molecule has 0 saturated carbocycles. The van der Waals surface area contributed by atoms with E-state index in [4.69, 9.17) is 39.5 Å². The van der Waals surface area contributed by atoms with E-state index in [1.807, 2.05) is 32.0 Å². The number of hydrogen-bond acceptors (Lipinski definition) is 3. The van der Waals surface area contributed by atoms with E-state index in [0.717, 1.165) is 12.0 Å². The second kappa shape index (κ2) is 12.0. The van der Waals surface area contributed by atoms with Crippen LogP contribution in [0.5, 0.6) is 5.75 Å². The predicted molar refractivity (Wildman–Crippen MR) is 121 cm³/mol. The van der Waals surface area contributed by atoms with E-state index in [0.29, 0.717) is 33.8 Å². The zero-order chi connectivity index (χ0) is 22.1. The monoisotopic (exact) mass is 470 g/mol. The zero-order valence-corrected chi connectivity index (χ0v) is 19.2. The van der Waals surface area contributed by atoms with E-state index >= 15 is 0 Å². The Hall–Kier alpha value is -1.95. The van der Waals surface area contributed by atoms with Crippen LogP contribution in [-0.4, -0.2) is 35.9 Å². The molecule has 162 valence electrons. The fourth-order valence-corrected chi connectivity index (χ4v) is 3.57. The summed E-state index contributed by atoms with van der Waals surface area (Å²) in [6.07, 6.45) is 1.26. The van der Waals surface area contributed by atoms with Crippen molar-refractivity contribution in [2.24, 2.45) is 0 Å². The van der Waals surface area contributed by atoms with Crippen LogP contribution in [0, 0.1) is 0 Å². The molecule has 0 radical (unpaired) electrons. The van der Waals surface area contributed by atoms with Crippen molar-refractivity contribution in [2.75, 3.05) is 13.2 Å². The lowest BCUT2D eigenvalue weighted by molar-refractivity contribution is -0.143. The van der Waals surface area contributed by atoms with Gasteiger partial charge in [0.15, 0.2) is 6.61 Å². The van der Waals surface area contributed by atoms with Gasteiger partial charge in [-0.3, -0.25) is 9.59 Å². The third-order valence-corrected chi connectivity index (χ3v) is 5.38. The van der Waals surface area contributed by atoms with Crippen LogP contribution in [0.3, 0.4) is 0 Å². The van der Waals surface area contributed by atoms with Gasteiger partial charge in [0.1, 0.15) is 11.8 Å². The number of amides is 2. The Bertz CT molecular complexity index is 876. The third-order valence-electron chi connectivity index (χ3n) is 4.48. The highest BCUT2D eigenvalue weighted by molar-refractivity contribution is 6.35. The predicted octanol–water partition coefficient (Wildman–Crippen LogP) is 5.36. The van der Waals surface area contributed by atoms with E-state index in [9.17, 15) is 9.59 Å². The summed E-state index contributed by atoms with van der Waals surface area (Å²) in [5.41, 5.74) is 0.749. The molecule has 0 aliphatic carbocycles. The molecule has 2 rings (SSSR count). The smallest absolute Gasteiger partial charge is 0.261 e. The van der Waals surface area contributed by atoms with Crippen molar-refractivity contribution in [3.63, 3.8) is 0 Å². The molecule has 2 amide bonds. The van der Waals surface area contributed by atoms with Crippen LogP contribution in [0.2, 0.25) is 15.1 Å². The molecule has 0 aliphatic heterocycles. The number of halogens is 3. The number of rotatable bonds is 10. The number of ether oxygens (including phenoxy) is 1. The van der Waals surface area contributed by atoms with Gasteiger partial charge in [-0.05, 0) is 42.7 Å². The SMILES string of the molecule is CCCNC(=O)C(CC)N(Cc1ccccc1Cl)C(=O)COc1ccc(Cl)cc1Cl. The molecule has 0 fully saturated rings. The Kier molecular flexibility index (Phi) is 9.76. The van der Waals surface area contributed by atoms with Crippen molar-refractivity contribution >= 4 is 46.6 Å². The molecular formula is C22H25Cl3N2O3. The van der Waals surface area contributed by atoms with Crippen LogP contribution in [0.1, 0.15) is 32.3 Å². The molecule has 30 heavy (non-hydrogen) atoms. The highest BCUT2D eigenvalue weighted by Crippen LogP contribution is 2.28. The van der Waals surface area contributed by atoms with Gasteiger partial charge in [0.2, 0.25) is 5.91 Å². The fraction of sp³-hybridized carbons (Fsp3) is 0.364. The van der Waals surface area contributed by atoms with Gasteiger partial charge >= 0.3 is 0 Å². The van der Waals surface area contributed by atoms with Crippen molar-refractivity contribution in [3.8, 4) is 5.75 Å². The molecule has 1 unspecified atom stereocenters. The summed E-state index contributed by atoms with van der Waals surface area (Å²) in [6.45, 7) is 4.29. The van der Waals surface area contributed by atoms with Crippen LogP contribution >= 0.6 is 34.8 Å². The molecule has 2 aromatic rings. The van der Waals surface area contributed by atoms with Gasteiger partial charge in [-0.1, -0.05) is 66.8 Å². The number of nitrogens with one attached hydrogen (secondary N) is 1. The van der Waals surface area contributed by atoms with Crippen molar-refractivity contribution in [1.82, 2.24) is 10.2 Å². The summed E-state index contributed by atoms with van der Waals surface area (Å²) in [4.78, 5) is 27.3. The maximum Gasteiger partial charge on any atom is 0.261 e. The lowest BCUT2D eigenvalue weighted by Crippen LogP contribution is -2.50. The molecule has 2 aromatic carbocycles. The molecule has 0 aliphatic rings. The van der Waals surface area contributed by atoms with Gasteiger partial charge in [-0.2, -0.15) is 0 Å². The lowest BCUT2D eigenvalue weighted by Gasteiger charge is -2.30. The second-order valence-electron chi connectivity index (χ2n) is 6.69. The average molecular weight is 472 g/mol. The molecule has 5 nitrogen and oxygen atoms in total. The van der Waals surface area contributed by atoms with Crippen molar-refractivity contribution in [2.45, 2.75) is 39.3 Å². The van der Waals surface area contributed by atoms with Crippen molar-refractivity contribution in [1.29, 1.82) is 0 Å². The van der Waals surface area contributed by atoms with E-state index in [2.05, 4.69) is 5.32 Å². The minimum Gasteiger partial charge on any atom is -0.482 e. The summed E-state index contributed by atoms with van der Waals surface area (Å²) in [5, 5.41) is 4.17. The summed E-state index contributed by atoms with van der Waals surface area (Å²) in [6, 6.07) is 11.4.